The smallest absolute Gasteiger partial charge is 0.146 e. The predicted molar refractivity (Wildman–Crippen MR) is 81.1 cm³/mol. The second-order valence-electron chi connectivity index (χ2n) is 3.71. The molecule has 96 valence electrons. The van der Waals surface area contributed by atoms with E-state index in [2.05, 4.69) is 27.6 Å². The second kappa shape index (κ2) is 7.33. The molecule has 0 bridgehead atoms. The standard InChI is InChI=1S/C14H14N4S/c15-8-9-17-18-14-7-6-13(10-16-14)19-11-12-4-2-1-3-5-12/h1-10,15H,11H2,(H,16,18)/b15-8?,17-9-. The summed E-state index contributed by atoms with van der Waals surface area (Å²) in [6.07, 6.45) is 4.28. The van der Waals surface area contributed by atoms with Gasteiger partial charge in [0.2, 0.25) is 0 Å². The van der Waals surface area contributed by atoms with Crippen LogP contribution in [-0.4, -0.2) is 17.4 Å². The minimum atomic E-state index is 0.669. The third-order valence-corrected chi connectivity index (χ3v) is 3.37. The van der Waals surface area contributed by atoms with Crippen molar-refractivity contribution in [2.24, 2.45) is 5.10 Å². The van der Waals surface area contributed by atoms with Gasteiger partial charge < -0.3 is 5.41 Å². The molecule has 0 amide bonds. The van der Waals surface area contributed by atoms with E-state index in [0.29, 0.717) is 5.82 Å². The largest absolute Gasteiger partial charge is 0.307 e. The third kappa shape index (κ3) is 4.56. The van der Waals surface area contributed by atoms with Gasteiger partial charge in [-0.3, -0.25) is 5.43 Å². The molecule has 5 heteroatoms. The van der Waals surface area contributed by atoms with Gasteiger partial charge >= 0.3 is 0 Å². The molecule has 2 aromatic rings. The first-order chi connectivity index (χ1) is 9.38. The van der Waals surface area contributed by atoms with Crippen LogP contribution >= 0.6 is 11.8 Å². The number of hydrogen-bond acceptors (Lipinski definition) is 5. The lowest BCUT2D eigenvalue weighted by molar-refractivity contribution is 1.18. The lowest BCUT2D eigenvalue weighted by atomic mass is 10.2. The Hall–Kier alpha value is -2.14. The summed E-state index contributed by atoms with van der Waals surface area (Å²) in [5, 5.41) is 10.6. The minimum absolute atomic E-state index is 0.669. The van der Waals surface area contributed by atoms with Crippen LogP contribution in [0.1, 0.15) is 5.56 Å². The Bertz CT molecular complexity index is 537. The van der Waals surface area contributed by atoms with Crippen LogP contribution in [0.3, 0.4) is 0 Å². The molecule has 19 heavy (non-hydrogen) atoms. The molecule has 1 heterocycles. The highest BCUT2D eigenvalue weighted by Crippen LogP contribution is 2.22. The van der Waals surface area contributed by atoms with E-state index in [-0.39, 0.29) is 0 Å². The predicted octanol–water partition coefficient (Wildman–Crippen LogP) is 3.42. The third-order valence-electron chi connectivity index (χ3n) is 2.31. The van der Waals surface area contributed by atoms with Gasteiger partial charge in [0.15, 0.2) is 0 Å². The maximum absolute atomic E-state index is 6.80. The van der Waals surface area contributed by atoms with Crippen LogP contribution in [0.2, 0.25) is 0 Å². The molecule has 0 radical (unpaired) electrons. The SMILES string of the molecule is N=C/C=N\Nc1ccc(SCc2ccccc2)cn1. The molecule has 0 spiro atoms. The lowest BCUT2D eigenvalue weighted by Crippen LogP contribution is -1.92. The summed E-state index contributed by atoms with van der Waals surface area (Å²) in [6.45, 7) is 0. The number of anilines is 1. The summed E-state index contributed by atoms with van der Waals surface area (Å²) in [6, 6.07) is 14.2. The van der Waals surface area contributed by atoms with E-state index in [1.807, 2.05) is 36.5 Å². The lowest BCUT2D eigenvalue weighted by Gasteiger charge is -2.03. The molecular weight excluding hydrogens is 256 g/mol. The highest BCUT2D eigenvalue weighted by molar-refractivity contribution is 7.98. The van der Waals surface area contributed by atoms with E-state index in [4.69, 9.17) is 5.41 Å². The van der Waals surface area contributed by atoms with Crippen molar-refractivity contribution in [2.75, 3.05) is 5.43 Å². The molecule has 4 nitrogen and oxygen atoms in total. The Morgan fingerprint density at radius 3 is 2.74 bits per heavy atom. The highest BCUT2D eigenvalue weighted by atomic mass is 32.2. The van der Waals surface area contributed by atoms with E-state index >= 15 is 0 Å². The second-order valence-corrected chi connectivity index (χ2v) is 4.76. The maximum Gasteiger partial charge on any atom is 0.146 e. The van der Waals surface area contributed by atoms with Gasteiger partial charge in [0, 0.05) is 23.1 Å². The number of aromatic nitrogens is 1. The number of nitrogens with one attached hydrogen (secondary N) is 2. The Morgan fingerprint density at radius 2 is 2.05 bits per heavy atom. The molecule has 0 unspecified atom stereocenters. The van der Waals surface area contributed by atoms with Crippen LogP contribution in [-0.2, 0) is 5.75 Å². The topological polar surface area (TPSA) is 61.1 Å². The van der Waals surface area contributed by atoms with Crippen LogP contribution < -0.4 is 5.43 Å². The first-order valence-corrected chi connectivity index (χ1v) is 6.78. The van der Waals surface area contributed by atoms with Crippen molar-refractivity contribution >= 4 is 30.0 Å². The number of pyridine rings is 1. The van der Waals surface area contributed by atoms with E-state index in [0.717, 1.165) is 16.9 Å². The van der Waals surface area contributed by atoms with Gasteiger partial charge in [-0.2, -0.15) is 5.10 Å². The number of thioether (sulfide) groups is 1. The van der Waals surface area contributed by atoms with E-state index in [9.17, 15) is 0 Å². The summed E-state index contributed by atoms with van der Waals surface area (Å²) in [7, 11) is 0. The Kier molecular flexibility index (Phi) is 5.13. The molecule has 0 atom stereocenters. The Labute approximate surface area is 116 Å². The summed E-state index contributed by atoms with van der Waals surface area (Å²) < 4.78 is 0. The van der Waals surface area contributed by atoms with E-state index < -0.39 is 0 Å². The van der Waals surface area contributed by atoms with Crippen LogP contribution in [0.15, 0.2) is 58.7 Å². The van der Waals surface area contributed by atoms with Gasteiger partial charge in [-0.05, 0) is 17.7 Å². The van der Waals surface area contributed by atoms with Crippen LogP contribution in [0.25, 0.3) is 0 Å². The quantitative estimate of drug-likeness (QED) is 0.480. The van der Waals surface area contributed by atoms with Crippen molar-refractivity contribution in [3.63, 3.8) is 0 Å². The first-order valence-electron chi connectivity index (χ1n) is 5.79. The zero-order valence-electron chi connectivity index (χ0n) is 10.3. The fourth-order valence-electron chi connectivity index (χ4n) is 1.41. The zero-order chi connectivity index (χ0) is 13.3. The van der Waals surface area contributed by atoms with Crippen molar-refractivity contribution in [3.8, 4) is 0 Å². The number of hydrogen-bond donors (Lipinski definition) is 2. The zero-order valence-corrected chi connectivity index (χ0v) is 11.1. The van der Waals surface area contributed by atoms with Crippen LogP contribution in [0.5, 0.6) is 0 Å². The number of hydrazone groups is 1. The van der Waals surface area contributed by atoms with Gasteiger partial charge in [-0.15, -0.1) is 11.8 Å². The summed E-state index contributed by atoms with van der Waals surface area (Å²) in [4.78, 5) is 5.36. The number of rotatable bonds is 6. The molecular formula is C14H14N4S. The highest BCUT2D eigenvalue weighted by Gasteiger charge is 1.97. The number of nitrogens with zero attached hydrogens (tertiary/aromatic N) is 2. The summed E-state index contributed by atoms with van der Waals surface area (Å²) in [5.74, 6) is 1.60. The van der Waals surface area contributed by atoms with Gasteiger partial charge in [-0.25, -0.2) is 4.98 Å². The first kappa shape index (κ1) is 13.3. The summed E-state index contributed by atoms with van der Waals surface area (Å²) in [5.41, 5.74) is 4.04. The normalized spacial score (nSPS) is 10.5. The van der Waals surface area contributed by atoms with Crippen LogP contribution in [0, 0.1) is 5.41 Å². The Balaban J connectivity index is 1.88. The van der Waals surface area contributed by atoms with Gasteiger partial charge in [-0.1, -0.05) is 30.3 Å². The van der Waals surface area contributed by atoms with Crippen molar-refractivity contribution in [3.05, 3.63) is 54.2 Å². The number of benzene rings is 1. The molecule has 2 rings (SSSR count). The Morgan fingerprint density at radius 1 is 1.21 bits per heavy atom. The molecule has 0 aliphatic carbocycles. The van der Waals surface area contributed by atoms with E-state index in [1.165, 1.54) is 11.8 Å². The maximum atomic E-state index is 6.80. The minimum Gasteiger partial charge on any atom is -0.307 e. The molecule has 2 N–H and O–H groups in total. The molecule has 0 aliphatic rings. The molecule has 0 saturated heterocycles. The molecule has 0 fully saturated rings. The fraction of sp³-hybridized carbons (Fsp3) is 0.0714. The van der Waals surface area contributed by atoms with E-state index in [1.54, 1.807) is 11.8 Å². The fourth-order valence-corrected chi connectivity index (χ4v) is 2.23. The average molecular weight is 270 g/mol. The van der Waals surface area contributed by atoms with Gasteiger partial charge in [0.25, 0.3) is 0 Å². The van der Waals surface area contributed by atoms with Crippen molar-refractivity contribution in [2.45, 2.75) is 10.6 Å². The molecule has 1 aromatic heterocycles. The van der Waals surface area contributed by atoms with Crippen molar-refractivity contribution in [1.29, 1.82) is 5.41 Å². The molecule has 1 aromatic carbocycles. The van der Waals surface area contributed by atoms with Crippen LogP contribution in [0.4, 0.5) is 5.82 Å². The monoisotopic (exact) mass is 270 g/mol. The van der Waals surface area contributed by atoms with Crippen molar-refractivity contribution < 1.29 is 0 Å². The molecule has 0 aliphatic heterocycles. The van der Waals surface area contributed by atoms with Gasteiger partial charge in [0.1, 0.15) is 5.82 Å². The van der Waals surface area contributed by atoms with Gasteiger partial charge in [0.05, 0.1) is 6.21 Å². The average Bonchev–Trinajstić information content (AvgIpc) is 2.48. The van der Waals surface area contributed by atoms with Crippen molar-refractivity contribution in [1.82, 2.24) is 4.98 Å². The summed E-state index contributed by atoms with van der Waals surface area (Å²) >= 11 is 1.75. The molecule has 0 saturated carbocycles.